The van der Waals surface area contributed by atoms with Crippen molar-refractivity contribution < 1.29 is 14.2 Å². The van der Waals surface area contributed by atoms with E-state index < -0.39 is 0 Å². The molecule has 2 heterocycles. The highest BCUT2D eigenvalue weighted by Crippen LogP contribution is 2.29. The summed E-state index contributed by atoms with van der Waals surface area (Å²) in [5.74, 6) is 1.96. The Morgan fingerprint density at radius 1 is 1.00 bits per heavy atom. The number of piperazine rings is 1. The van der Waals surface area contributed by atoms with Crippen LogP contribution in [0.5, 0.6) is 11.5 Å². The second-order valence-corrected chi connectivity index (χ2v) is 7.13. The molecule has 2 aromatic carbocycles. The van der Waals surface area contributed by atoms with Crippen LogP contribution < -0.4 is 14.4 Å². The maximum absolute atomic E-state index is 5.93. The Kier molecular flexibility index (Phi) is 5.80. The molecule has 1 fully saturated rings. The first-order chi connectivity index (χ1) is 13.3. The number of ether oxygens (including phenoxy) is 3. The van der Waals surface area contributed by atoms with Crippen molar-refractivity contribution in [3.8, 4) is 11.5 Å². The van der Waals surface area contributed by atoms with Gasteiger partial charge in [0.15, 0.2) is 0 Å². The van der Waals surface area contributed by atoms with Crippen LogP contribution >= 0.6 is 0 Å². The molecular formula is C22H28N2O3. The fourth-order valence-electron chi connectivity index (χ4n) is 3.86. The third kappa shape index (κ3) is 4.37. The van der Waals surface area contributed by atoms with Crippen LogP contribution in [0.3, 0.4) is 0 Å². The first kappa shape index (κ1) is 18.1. The molecule has 0 bridgehead atoms. The minimum absolute atomic E-state index is 0.157. The molecule has 5 heteroatoms. The van der Waals surface area contributed by atoms with E-state index in [1.165, 1.54) is 11.3 Å². The molecule has 0 N–H and O–H groups in total. The molecule has 1 saturated heterocycles. The van der Waals surface area contributed by atoms with Gasteiger partial charge in [-0.1, -0.05) is 30.3 Å². The summed E-state index contributed by atoms with van der Waals surface area (Å²) in [7, 11) is 1.74. The van der Waals surface area contributed by atoms with E-state index in [2.05, 4.69) is 34.1 Å². The van der Waals surface area contributed by atoms with Gasteiger partial charge in [-0.3, -0.25) is 4.90 Å². The third-order valence-corrected chi connectivity index (χ3v) is 5.37. The molecule has 5 nitrogen and oxygen atoms in total. The van der Waals surface area contributed by atoms with Crippen molar-refractivity contribution in [1.82, 2.24) is 4.90 Å². The van der Waals surface area contributed by atoms with Crippen molar-refractivity contribution in [2.75, 3.05) is 57.9 Å². The number of para-hydroxylation sites is 3. The topological polar surface area (TPSA) is 34.2 Å². The Bertz CT molecular complexity index is 719. The normalized spacial score (nSPS) is 19.6. The number of fused-ring (bicyclic) bond motifs is 1. The van der Waals surface area contributed by atoms with Gasteiger partial charge in [0, 0.05) is 39.1 Å². The minimum atomic E-state index is 0.157. The van der Waals surface area contributed by atoms with E-state index in [4.69, 9.17) is 14.2 Å². The van der Waals surface area contributed by atoms with Crippen LogP contribution in [0.4, 0.5) is 5.69 Å². The SMILES string of the molecule is COc1ccccc1N1CCN(CCOCC2Cc3ccccc3O2)CC1. The zero-order valence-corrected chi connectivity index (χ0v) is 16.0. The van der Waals surface area contributed by atoms with Crippen molar-refractivity contribution in [2.24, 2.45) is 0 Å². The van der Waals surface area contributed by atoms with Crippen molar-refractivity contribution in [3.05, 3.63) is 54.1 Å². The largest absolute Gasteiger partial charge is 0.495 e. The molecule has 0 amide bonds. The molecule has 144 valence electrons. The Morgan fingerprint density at radius 3 is 2.59 bits per heavy atom. The fraction of sp³-hybridized carbons (Fsp3) is 0.455. The summed E-state index contributed by atoms with van der Waals surface area (Å²) in [5.41, 5.74) is 2.48. The number of rotatable bonds is 7. The van der Waals surface area contributed by atoms with Gasteiger partial charge in [0.2, 0.25) is 0 Å². The van der Waals surface area contributed by atoms with Crippen molar-refractivity contribution in [3.63, 3.8) is 0 Å². The second-order valence-electron chi connectivity index (χ2n) is 7.13. The lowest BCUT2D eigenvalue weighted by molar-refractivity contribution is 0.0467. The number of hydrogen-bond donors (Lipinski definition) is 0. The maximum atomic E-state index is 5.93. The van der Waals surface area contributed by atoms with Crippen LogP contribution in [0.15, 0.2) is 48.5 Å². The van der Waals surface area contributed by atoms with Gasteiger partial charge in [0.05, 0.1) is 26.0 Å². The van der Waals surface area contributed by atoms with Crippen molar-refractivity contribution in [2.45, 2.75) is 12.5 Å². The fourth-order valence-corrected chi connectivity index (χ4v) is 3.86. The number of benzene rings is 2. The molecule has 1 unspecified atom stereocenters. The number of anilines is 1. The summed E-state index contributed by atoms with van der Waals surface area (Å²) in [4.78, 5) is 4.87. The van der Waals surface area contributed by atoms with Crippen LogP contribution in [0.1, 0.15) is 5.56 Å². The van der Waals surface area contributed by atoms with Crippen LogP contribution in [0.2, 0.25) is 0 Å². The van der Waals surface area contributed by atoms with Gasteiger partial charge < -0.3 is 19.1 Å². The van der Waals surface area contributed by atoms with E-state index in [0.717, 1.165) is 57.3 Å². The van der Waals surface area contributed by atoms with Crippen LogP contribution in [0.25, 0.3) is 0 Å². The predicted molar refractivity (Wildman–Crippen MR) is 107 cm³/mol. The first-order valence-electron chi connectivity index (χ1n) is 9.76. The van der Waals surface area contributed by atoms with Crippen molar-refractivity contribution in [1.29, 1.82) is 0 Å². The Morgan fingerprint density at radius 2 is 1.78 bits per heavy atom. The molecule has 27 heavy (non-hydrogen) atoms. The monoisotopic (exact) mass is 368 g/mol. The van der Waals surface area contributed by atoms with E-state index in [9.17, 15) is 0 Å². The Labute approximate surface area is 161 Å². The number of methoxy groups -OCH3 is 1. The average Bonchev–Trinajstić information content (AvgIpc) is 3.14. The quantitative estimate of drug-likeness (QED) is 0.702. The summed E-state index contributed by atoms with van der Waals surface area (Å²) in [6, 6.07) is 16.5. The summed E-state index contributed by atoms with van der Waals surface area (Å²) >= 11 is 0. The highest BCUT2D eigenvalue weighted by Gasteiger charge is 2.23. The first-order valence-corrected chi connectivity index (χ1v) is 9.76. The molecule has 0 aromatic heterocycles. The van der Waals surface area contributed by atoms with Gasteiger partial charge >= 0.3 is 0 Å². The highest BCUT2D eigenvalue weighted by atomic mass is 16.5. The number of hydrogen-bond acceptors (Lipinski definition) is 5. The minimum Gasteiger partial charge on any atom is -0.495 e. The van der Waals surface area contributed by atoms with E-state index >= 15 is 0 Å². The average molecular weight is 368 g/mol. The maximum Gasteiger partial charge on any atom is 0.142 e. The molecule has 1 atom stereocenters. The summed E-state index contributed by atoms with van der Waals surface area (Å²) < 4.78 is 17.3. The Balaban J connectivity index is 1.15. The standard InChI is InChI=1S/C22H28N2O3/c1-25-22-9-5-3-7-20(22)24-12-10-23(11-13-24)14-15-26-17-19-16-18-6-2-4-8-21(18)27-19/h2-9,19H,10-17H2,1H3. The third-order valence-electron chi connectivity index (χ3n) is 5.37. The molecule has 2 aliphatic rings. The Hall–Kier alpha value is -2.24. The summed E-state index contributed by atoms with van der Waals surface area (Å²) in [6.45, 7) is 6.52. The van der Waals surface area contributed by atoms with Crippen LogP contribution in [0, 0.1) is 0 Å². The molecule has 0 spiro atoms. The summed E-state index contributed by atoms with van der Waals surface area (Å²) in [6.07, 6.45) is 1.11. The smallest absolute Gasteiger partial charge is 0.142 e. The molecule has 2 aromatic rings. The van der Waals surface area contributed by atoms with Crippen molar-refractivity contribution >= 4 is 5.69 Å². The predicted octanol–water partition coefficient (Wildman–Crippen LogP) is 2.84. The van der Waals surface area contributed by atoms with Gasteiger partial charge in [-0.15, -0.1) is 0 Å². The zero-order valence-electron chi connectivity index (χ0n) is 16.0. The van der Waals surface area contributed by atoms with Gasteiger partial charge in [-0.05, 0) is 23.8 Å². The number of nitrogens with zero attached hydrogens (tertiary/aromatic N) is 2. The molecule has 4 rings (SSSR count). The molecule has 0 radical (unpaired) electrons. The van der Waals surface area contributed by atoms with Gasteiger partial charge in [0.1, 0.15) is 17.6 Å². The van der Waals surface area contributed by atoms with Crippen LogP contribution in [-0.2, 0) is 11.2 Å². The summed E-state index contributed by atoms with van der Waals surface area (Å²) in [5, 5.41) is 0. The molecule has 0 aliphatic carbocycles. The molecular weight excluding hydrogens is 340 g/mol. The lowest BCUT2D eigenvalue weighted by atomic mass is 10.1. The molecule has 0 saturated carbocycles. The lowest BCUT2D eigenvalue weighted by Gasteiger charge is -2.36. The van der Waals surface area contributed by atoms with Gasteiger partial charge in [-0.25, -0.2) is 0 Å². The van der Waals surface area contributed by atoms with E-state index in [1.807, 2.05) is 24.3 Å². The lowest BCUT2D eigenvalue weighted by Crippen LogP contribution is -2.47. The van der Waals surface area contributed by atoms with Gasteiger partial charge in [-0.2, -0.15) is 0 Å². The van der Waals surface area contributed by atoms with E-state index in [-0.39, 0.29) is 6.10 Å². The van der Waals surface area contributed by atoms with E-state index in [0.29, 0.717) is 6.61 Å². The highest BCUT2D eigenvalue weighted by molar-refractivity contribution is 5.58. The van der Waals surface area contributed by atoms with E-state index in [1.54, 1.807) is 7.11 Å². The zero-order chi connectivity index (χ0) is 18.5. The van der Waals surface area contributed by atoms with Gasteiger partial charge in [0.25, 0.3) is 0 Å². The van der Waals surface area contributed by atoms with Crippen LogP contribution in [-0.4, -0.2) is 64.1 Å². The second kappa shape index (κ2) is 8.63. The molecule has 2 aliphatic heterocycles.